The molecule has 3 rings (SSSR count). The van der Waals surface area contributed by atoms with E-state index in [1.54, 1.807) is 27.9 Å². The van der Waals surface area contributed by atoms with E-state index in [0.717, 1.165) is 0 Å². The maximum atomic E-state index is 14.2. The minimum atomic E-state index is -1.77. The van der Waals surface area contributed by atoms with Crippen molar-refractivity contribution in [2.45, 2.75) is 185 Å². The number of esters is 1. The monoisotopic (exact) mass is 747 g/mol. The molecular formula is C39H74N2O11. The lowest BCUT2D eigenvalue weighted by Crippen LogP contribution is -2.60. The van der Waals surface area contributed by atoms with E-state index in [-0.39, 0.29) is 36.8 Å². The van der Waals surface area contributed by atoms with Crippen LogP contribution in [0.25, 0.3) is 0 Å². The summed E-state index contributed by atoms with van der Waals surface area (Å²) in [6, 6.07) is -0.771. The van der Waals surface area contributed by atoms with Gasteiger partial charge >= 0.3 is 5.97 Å². The number of hydrogen-bond acceptors (Lipinski definition) is 13. The molecule has 3 aliphatic rings. The second kappa shape index (κ2) is 17.9. The Bertz CT molecular complexity index is 1140. The molecular weight excluding hydrogens is 672 g/mol. The van der Waals surface area contributed by atoms with Crippen LogP contribution in [0.2, 0.25) is 0 Å². The quantitative estimate of drug-likeness (QED) is 0.241. The highest BCUT2D eigenvalue weighted by Gasteiger charge is 2.52. The van der Waals surface area contributed by atoms with E-state index < -0.39 is 89.7 Å². The van der Waals surface area contributed by atoms with Crippen LogP contribution in [0, 0.1) is 23.7 Å². The first-order chi connectivity index (χ1) is 23.9. The van der Waals surface area contributed by atoms with Crippen molar-refractivity contribution in [2.24, 2.45) is 23.7 Å². The Hall–Kier alpha value is -0.970. The lowest BCUT2D eigenvalue weighted by Gasteiger charge is -2.49. The highest BCUT2D eigenvalue weighted by atomic mass is 16.7. The second-order valence-corrected chi connectivity index (χ2v) is 17.7. The second-order valence-electron chi connectivity index (χ2n) is 17.7. The highest BCUT2D eigenvalue weighted by molar-refractivity contribution is 5.73. The maximum absolute atomic E-state index is 14.2. The van der Waals surface area contributed by atoms with Crippen LogP contribution >= 0.6 is 0 Å². The van der Waals surface area contributed by atoms with Crippen LogP contribution in [0.5, 0.6) is 0 Å². The third-order valence-electron chi connectivity index (χ3n) is 12.7. The van der Waals surface area contributed by atoms with Gasteiger partial charge in [-0.3, -0.25) is 4.79 Å². The summed E-state index contributed by atoms with van der Waals surface area (Å²) in [7, 11) is 7.22. The largest absolute Gasteiger partial charge is 0.459 e. The van der Waals surface area contributed by atoms with Gasteiger partial charge in [-0.1, -0.05) is 27.7 Å². The fourth-order valence-electron chi connectivity index (χ4n) is 9.30. The molecule has 0 spiro atoms. The van der Waals surface area contributed by atoms with Gasteiger partial charge in [-0.15, -0.1) is 0 Å². The molecule has 5 N–H and O–H groups in total. The number of carbonyl (C=O) groups excluding carboxylic acids is 1. The van der Waals surface area contributed by atoms with E-state index in [1.165, 1.54) is 6.92 Å². The summed E-state index contributed by atoms with van der Waals surface area (Å²) in [6.07, 6.45) is -5.69. The Balaban J connectivity index is 2.17. The average molecular weight is 747 g/mol. The van der Waals surface area contributed by atoms with Crippen molar-refractivity contribution in [3.05, 3.63) is 0 Å². The minimum absolute atomic E-state index is 0.117. The fraction of sp³-hybridized carbons (Fsp3) is 0.974. The molecule has 13 nitrogen and oxygen atoms in total. The highest BCUT2D eigenvalue weighted by Crippen LogP contribution is 2.41. The summed E-state index contributed by atoms with van der Waals surface area (Å²) in [5, 5.41) is 58.3. The smallest absolute Gasteiger partial charge is 0.311 e. The molecule has 306 valence electrons. The molecule has 0 aromatic heterocycles. The molecule has 0 aromatic rings. The molecule has 18 atom stereocenters. The van der Waals surface area contributed by atoms with Gasteiger partial charge in [0, 0.05) is 38.1 Å². The van der Waals surface area contributed by atoms with Gasteiger partial charge in [0.05, 0.1) is 47.6 Å². The molecule has 2 aliphatic heterocycles. The Morgan fingerprint density at radius 3 is 2.12 bits per heavy atom. The van der Waals surface area contributed by atoms with E-state index in [0.29, 0.717) is 25.8 Å². The SMILES string of the molecule is CC[C@H]1OC(=O)[C@H](C)[C@@H](O[C@@H]2C[C@@H](C)[C@H](O)[C@](C)(OC)C2)[C@H](C)[C@@H](O[C@@H]2O[C@H](C)C[C@H](N(C)C)[C@H]2O)[C@@](C)(O)C[C@@H](C)CN(C)[C@H](C)[C@@H](O)[C@]1(C)O. The van der Waals surface area contributed by atoms with Gasteiger partial charge in [-0.25, -0.2) is 0 Å². The van der Waals surface area contributed by atoms with Crippen LogP contribution in [0.1, 0.15) is 101 Å². The van der Waals surface area contributed by atoms with Gasteiger partial charge in [-0.2, -0.15) is 0 Å². The number of nitrogens with zero attached hydrogens (tertiary/aromatic N) is 2. The molecule has 2 heterocycles. The molecule has 1 aliphatic carbocycles. The van der Waals surface area contributed by atoms with E-state index >= 15 is 0 Å². The topological polar surface area (TPSA) is 171 Å². The summed E-state index contributed by atoms with van der Waals surface area (Å²) in [5.74, 6) is -2.52. The summed E-state index contributed by atoms with van der Waals surface area (Å²) >= 11 is 0. The first-order valence-corrected chi connectivity index (χ1v) is 19.5. The van der Waals surface area contributed by atoms with E-state index in [9.17, 15) is 30.3 Å². The zero-order valence-corrected chi connectivity index (χ0v) is 34.5. The first kappa shape index (κ1) is 45.4. The molecule has 0 aromatic carbocycles. The predicted octanol–water partition coefficient (Wildman–Crippen LogP) is 2.56. The lowest BCUT2D eigenvalue weighted by atomic mass is 9.74. The van der Waals surface area contributed by atoms with Crippen molar-refractivity contribution < 1.29 is 54.0 Å². The van der Waals surface area contributed by atoms with Crippen molar-refractivity contribution in [3.63, 3.8) is 0 Å². The van der Waals surface area contributed by atoms with Crippen LogP contribution < -0.4 is 0 Å². The minimum Gasteiger partial charge on any atom is -0.459 e. The third-order valence-corrected chi connectivity index (χ3v) is 12.7. The Morgan fingerprint density at radius 1 is 0.942 bits per heavy atom. The Morgan fingerprint density at radius 2 is 1.56 bits per heavy atom. The fourth-order valence-corrected chi connectivity index (χ4v) is 9.30. The zero-order valence-electron chi connectivity index (χ0n) is 34.5. The molecule has 13 heteroatoms. The number of carbonyl (C=O) groups is 1. The van der Waals surface area contributed by atoms with Gasteiger partial charge in [0.1, 0.15) is 23.9 Å². The number of aliphatic hydroxyl groups is 5. The van der Waals surface area contributed by atoms with Gasteiger partial charge in [0.25, 0.3) is 0 Å². The van der Waals surface area contributed by atoms with E-state index in [2.05, 4.69) is 0 Å². The average Bonchev–Trinajstić information content (AvgIpc) is 3.05. The van der Waals surface area contributed by atoms with Crippen molar-refractivity contribution in [1.82, 2.24) is 9.80 Å². The van der Waals surface area contributed by atoms with Crippen molar-refractivity contribution >= 4 is 5.97 Å². The normalized spacial score (nSPS) is 49.6. The molecule has 52 heavy (non-hydrogen) atoms. The zero-order chi connectivity index (χ0) is 39.7. The third kappa shape index (κ3) is 10.1. The van der Waals surface area contributed by atoms with E-state index in [1.807, 2.05) is 72.5 Å². The summed E-state index contributed by atoms with van der Waals surface area (Å²) in [6.45, 7) is 18.6. The number of methoxy groups -OCH3 is 1. The van der Waals surface area contributed by atoms with E-state index in [4.69, 9.17) is 23.7 Å². The van der Waals surface area contributed by atoms with Gasteiger partial charge in [0.2, 0.25) is 0 Å². The summed E-state index contributed by atoms with van der Waals surface area (Å²) in [5.41, 5.74) is -4.18. The van der Waals surface area contributed by atoms with Crippen LogP contribution in [0.4, 0.5) is 0 Å². The van der Waals surface area contributed by atoms with Crippen molar-refractivity contribution in [3.8, 4) is 0 Å². The molecule has 0 radical (unpaired) electrons. The molecule has 3 fully saturated rings. The van der Waals surface area contributed by atoms with Crippen molar-refractivity contribution in [2.75, 3.05) is 34.8 Å². The van der Waals surface area contributed by atoms with Gasteiger partial charge < -0.3 is 59.0 Å². The number of ether oxygens (including phenoxy) is 5. The van der Waals surface area contributed by atoms with Crippen LogP contribution in [0.15, 0.2) is 0 Å². The maximum Gasteiger partial charge on any atom is 0.311 e. The van der Waals surface area contributed by atoms with Crippen LogP contribution in [-0.2, 0) is 28.5 Å². The molecule has 0 bridgehead atoms. The Kier molecular flexibility index (Phi) is 15.6. The lowest BCUT2D eigenvalue weighted by molar-refractivity contribution is -0.302. The standard InChI is InChI=1S/C39H74N2O11/c1-15-29-39(10,47)33(44)26(7)41(13)20-21(2)18-37(8,46)34(52-36-30(42)28(40(11)12)17-23(4)49-36)24(5)31(25(6)35(45)51-29)50-27-16-22(3)32(43)38(9,19-27)48-14/h21-34,36,42-44,46-47H,15-20H2,1-14H3/t21-,22-,23-,24+,25-,26-,27-,28+,29-,30-,31+,32+,33-,34-,36+,37+,38-,39-/m1/s1. The molecule has 1 saturated carbocycles. The number of rotatable bonds is 7. The first-order valence-electron chi connectivity index (χ1n) is 19.5. The summed E-state index contributed by atoms with van der Waals surface area (Å²) in [4.78, 5) is 18.1. The summed E-state index contributed by atoms with van der Waals surface area (Å²) < 4.78 is 31.8. The number of cyclic esters (lactones) is 1. The number of hydrogen-bond donors (Lipinski definition) is 5. The van der Waals surface area contributed by atoms with Crippen LogP contribution in [0.3, 0.4) is 0 Å². The predicted molar refractivity (Wildman–Crippen MR) is 197 cm³/mol. The molecule has 0 unspecified atom stereocenters. The van der Waals surface area contributed by atoms with Crippen molar-refractivity contribution in [1.29, 1.82) is 0 Å². The number of aliphatic hydroxyl groups excluding tert-OH is 3. The molecule has 0 amide bonds. The van der Waals surface area contributed by atoms with Crippen LogP contribution in [-0.4, -0.2) is 160 Å². The molecule has 2 saturated heterocycles. The van der Waals surface area contributed by atoms with Gasteiger partial charge in [0.15, 0.2) is 6.29 Å². The Labute approximate surface area is 313 Å². The van der Waals surface area contributed by atoms with Gasteiger partial charge in [-0.05, 0) is 100 Å². The number of likely N-dealkylation sites (N-methyl/N-ethyl adjacent to an activating group) is 2.